The molecule has 10 heteroatoms. The van der Waals surface area contributed by atoms with Crippen molar-refractivity contribution in [2.75, 3.05) is 19.8 Å². The maximum absolute atomic E-state index is 13.1. The Labute approximate surface area is 228 Å². The van der Waals surface area contributed by atoms with Crippen LogP contribution in [0.2, 0.25) is 0 Å². The highest BCUT2D eigenvalue weighted by Crippen LogP contribution is 2.72. The lowest BCUT2D eigenvalue weighted by molar-refractivity contribution is -0.239. The molecule has 0 aromatic rings. The minimum atomic E-state index is -0.969. The first-order valence-corrected chi connectivity index (χ1v) is 13.8. The van der Waals surface area contributed by atoms with Crippen LogP contribution >= 0.6 is 0 Å². The molecule has 39 heavy (non-hydrogen) atoms. The third-order valence-corrected chi connectivity index (χ3v) is 9.79. The van der Waals surface area contributed by atoms with Crippen LogP contribution in [0.3, 0.4) is 0 Å². The van der Waals surface area contributed by atoms with Crippen LogP contribution in [0.1, 0.15) is 47.0 Å². The first-order chi connectivity index (χ1) is 18.4. The lowest BCUT2D eigenvalue weighted by Gasteiger charge is -2.58. The maximum Gasteiger partial charge on any atom is 0.331 e. The van der Waals surface area contributed by atoms with Crippen molar-refractivity contribution in [1.29, 1.82) is 0 Å². The van der Waals surface area contributed by atoms with Gasteiger partial charge < -0.3 is 39.0 Å². The summed E-state index contributed by atoms with van der Waals surface area (Å²) in [6.45, 7) is 7.40. The van der Waals surface area contributed by atoms with E-state index in [9.17, 15) is 24.9 Å². The molecular formula is C29H40O10. The second kappa shape index (κ2) is 10.4. The summed E-state index contributed by atoms with van der Waals surface area (Å²) in [6, 6.07) is 0. The van der Waals surface area contributed by atoms with Crippen molar-refractivity contribution in [1.82, 2.24) is 0 Å². The van der Waals surface area contributed by atoms with Crippen molar-refractivity contribution in [3.05, 3.63) is 36.0 Å². The molecule has 2 unspecified atom stereocenters. The van der Waals surface area contributed by atoms with Crippen molar-refractivity contribution in [3.63, 3.8) is 0 Å². The zero-order valence-electron chi connectivity index (χ0n) is 22.9. The molecule has 2 spiro atoms. The summed E-state index contributed by atoms with van der Waals surface area (Å²) in [4.78, 5) is 26.0. The summed E-state index contributed by atoms with van der Waals surface area (Å²) in [6.07, 6.45) is 3.77. The lowest BCUT2D eigenvalue weighted by Crippen LogP contribution is -2.68. The molecule has 3 aliphatic heterocycles. The second-order valence-corrected chi connectivity index (χ2v) is 12.1. The summed E-state index contributed by atoms with van der Waals surface area (Å²) in [5.41, 5.74) is -1.66. The van der Waals surface area contributed by atoms with E-state index in [0.717, 1.165) is 5.57 Å². The van der Waals surface area contributed by atoms with Crippen LogP contribution in [0, 0.1) is 16.7 Å². The van der Waals surface area contributed by atoms with Crippen molar-refractivity contribution >= 4 is 11.9 Å². The summed E-state index contributed by atoms with van der Waals surface area (Å²) >= 11 is 0. The highest BCUT2D eigenvalue weighted by Gasteiger charge is 2.83. The summed E-state index contributed by atoms with van der Waals surface area (Å²) in [5.74, 6) is -1.53. The fourth-order valence-electron chi connectivity index (χ4n) is 7.02. The number of carbonyl (C=O) groups is 2. The Hall–Kier alpha value is -2.08. The Balaban J connectivity index is 1.52. The Morgan fingerprint density at radius 1 is 1.13 bits per heavy atom. The van der Waals surface area contributed by atoms with Gasteiger partial charge in [-0.05, 0) is 31.8 Å². The molecule has 0 aromatic heterocycles. The maximum atomic E-state index is 13.1. The van der Waals surface area contributed by atoms with E-state index in [4.69, 9.17) is 23.7 Å². The van der Waals surface area contributed by atoms with Gasteiger partial charge in [0.2, 0.25) is 0 Å². The van der Waals surface area contributed by atoms with E-state index in [1.807, 2.05) is 19.9 Å². The fraction of sp³-hybridized carbons (Fsp3) is 0.724. The molecule has 5 aliphatic rings. The standard InChI is InChI=1S/C29H40O10/c1-16-9-23-28(12-19(16)31)14-36-26(34)10-17(2)20(32)13-35-21(18(3)30)7-5-6-8-25(33)39-22-11-24(38-23)29(15-37-29)27(22,28)4/h5-9,17-24,30-32H,10-15H2,1-4H3/b7-5+,8-6-/t17?,18-,19+,20?,21+,22-,23-,24-,27-,28-,29+/m1/s1. The number of esters is 2. The van der Waals surface area contributed by atoms with Crippen LogP contribution in [0.15, 0.2) is 36.0 Å². The number of cyclic esters (lactones) is 1. The quantitative estimate of drug-likeness (QED) is 0.250. The van der Waals surface area contributed by atoms with Crippen molar-refractivity contribution < 1.29 is 48.6 Å². The molecular weight excluding hydrogens is 508 g/mol. The van der Waals surface area contributed by atoms with Gasteiger partial charge in [0.25, 0.3) is 0 Å². The first-order valence-electron chi connectivity index (χ1n) is 13.8. The van der Waals surface area contributed by atoms with Crippen molar-refractivity contribution in [2.45, 2.75) is 95.3 Å². The number of hydrogen-bond donors (Lipinski definition) is 3. The molecule has 0 aromatic carbocycles. The van der Waals surface area contributed by atoms with Gasteiger partial charge in [0, 0.05) is 17.9 Å². The van der Waals surface area contributed by atoms with Gasteiger partial charge in [-0.2, -0.15) is 0 Å². The molecule has 3 fully saturated rings. The number of epoxide rings is 1. The number of rotatable bonds is 1. The van der Waals surface area contributed by atoms with Gasteiger partial charge >= 0.3 is 11.9 Å². The van der Waals surface area contributed by atoms with Crippen LogP contribution in [0.5, 0.6) is 0 Å². The highest BCUT2D eigenvalue weighted by atomic mass is 16.6. The summed E-state index contributed by atoms with van der Waals surface area (Å²) in [7, 11) is 0. The van der Waals surface area contributed by atoms with E-state index in [-0.39, 0.29) is 32.2 Å². The third-order valence-electron chi connectivity index (χ3n) is 9.79. The second-order valence-electron chi connectivity index (χ2n) is 12.1. The number of hydrogen-bond acceptors (Lipinski definition) is 10. The Morgan fingerprint density at radius 3 is 2.56 bits per heavy atom. The first kappa shape index (κ1) is 28.4. The third kappa shape index (κ3) is 4.69. The average Bonchev–Trinajstić information content (AvgIpc) is 3.65. The number of aliphatic hydroxyl groups excluding tert-OH is 3. The van der Waals surface area contributed by atoms with E-state index in [1.165, 1.54) is 12.2 Å². The molecule has 1 saturated carbocycles. The largest absolute Gasteiger partial charge is 0.465 e. The van der Waals surface area contributed by atoms with Gasteiger partial charge in [-0.1, -0.05) is 38.2 Å². The zero-order chi connectivity index (χ0) is 28.2. The summed E-state index contributed by atoms with van der Waals surface area (Å²) in [5, 5.41) is 31.7. The molecule has 216 valence electrons. The molecule has 0 amide bonds. The SMILES string of the molecule is CC1=C[C@H]2O[C@@H]3C[C@H]4OC(=O)/C=C\C=C\[C@@H]([C@@H](C)O)OCC(O)C(C)CC(=O)OC[C@@]2(C[C@@H]1O)[C@]4(C)[C@]31CO1. The molecule has 2 aliphatic carbocycles. The molecule has 10 nitrogen and oxygen atoms in total. The van der Waals surface area contributed by atoms with Gasteiger partial charge in [0.15, 0.2) is 0 Å². The zero-order valence-corrected chi connectivity index (χ0v) is 22.9. The highest BCUT2D eigenvalue weighted by molar-refractivity contribution is 5.82. The normalized spacial score (nSPS) is 49.0. The van der Waals surface area contributed by atoms with Gasteiger partial charge in [-0.15, -0.1) is 0 Å². The van der Waals surface area contributed by atoms with Crippen LogP contribution in [-0.2, 0) is 33.3 Å². The smallest absolute Gasteiger partial charge is 0.331 e. The Morgan fingerprint density at radius 2 is 1.87 bits per heavy atom. The topological polar surface area (TPSA) is 144 Å². The Bertz CT molecular complexity index is 1060. The van der Waals surface area contributed by atoms with E-state index >= 15 is 0 Å². The predicted molar refractivity (Wildman–Crippen MR) is 137 cm³/mol. The molecule has 5 rings (SSSR count). The number of aliphatic hydroxyl groups is 3. The van der Waals surface area contributed by atoms with Crippen LogP contribution in [0.25, 0.3) is 0 Å². The van der Waals surface area contributed by atoms with E-state index in [2.05, 4.69) is 0 Å². The van der Waals surface area contributed by atoms with E-state index < -0.39 is 70.9 Å². The van der Waals surface area contributed by atoms with Gasteiger partial charge in [0.05, 0.1) is 55.6 Å². The molecule has 3 N–H and O–H groups in total. The predicted octanol–water partition coefficient (Wildman–Crippen LogP) is 1.36. The van der Waals surface area contributed by atoms with Crippen LogP contribution in [-0.4, -0.2) is 95.4 Å². The van der Waals surface area contributed by atoms with Gasteiger partial charge in [-0.25, -0.2) is 4.79 Å². The number of carbonyl (C=O) groups excluding carboxylic acids is 2. The molecule has 0 radical (unpaired) electrons. The number of ether oxygens (including phenoxy) is 5. The van der Waals surface area contributed by atoms with Crippen LogP contribution in [0.4, 0.5) is 0 Å². The van der Waals surface area contributed by atoms with E-state index in [1.54, 1.807) is 26.0 Å². The average molecular weight is 549 g/mol. The summed E-state index contributed by atoms with van der Waals surface area (Å²) < 4.78 is 30.2. The van der Waals surface area contributed by atoms with Crippen molar-refractivity contribution in [3.8, 4) is 0 Å². The molecule has 2 bridgehead atoms. The number of allylic oxidation sites excluding steroid dienone is 2. The minimum absolute atomic E-state index is 0.0547. The monoisotopic (exact) mass is 548 g/mol. The van der Waals surface area contributed by atoms with Gasteiger partial charge in [0.1, 0.15) is 24.4 Å². The van der Waals surface area contributed by atoms with Crippen molar-refractivity contribution in [2.24, 2.45) is 16.7 Å². The van der Waals surface area contributed by atoms with Crippen LogP contribution < -0.4 is 0 Å². The molecule has 3 heterocycles. The fourth-order valence-corrected chi connectivity index (χ4v) is 7.02. The Kier molecular flexibility index (Phi) is 7.58. The molecule has 11 atom stereocenters. The lowest BCUT2D eigenvalue weighted by atomic mass is 9.51. The van der Waals surface area contributed by atoms with Gasteiger partial charge in [-0.3, -0.25) is 4.79 Å². The molecule has 2 saturated heterocycles. The van der Waals surface area contributed by atoms with E-state index in [0.29, 0.717) is 13.0 Å². The minimum Gasteiger partial charge on any atom is -0.465 e.